The van der Waals surface area contributed by atoms with Crippen LogP contribution in [0, 0.1) is 5.82 Å². The molecule has 1 aliphatic heterocycles. The van der Waals surface area contributed by atoms with E-state index in [0.717, 1.165) is 18.5 Å². The molecule has 20 heavy (non-hydrogen) atoms. The summed E-state index contributed by atoms with van der Waals surface area (Å²) in [6.45, 7) is 0.992. The van der Waals surface area contributed by atoms with Crippen molar-refractivity contribution >= 4 is 12.4 Å². The fourth-order valence-corrected chi connectivity index (χ4v) is 2.37. The number of halogens is 2. The summed E-state index contributed by atoms with van der Waals surface area (Å²) in [5, 5.41) is 7.33. The molecule has 0 bridgehead atoms. The molecule has 2 heterocycles. The lowest BCUT2D eigenvalue weighted by Crippen LogP contribution is -2.27. The van der Waals surface area contributed by atoms with Crippen molar-refractivity contribution in [2.24, 2.45) is 0 Å². The van der Waals surface area contributed by atoms with E-state index in [4.69, 9.17) is 4.52 Å². The summed E-state index contributed by atoms with van der Waals surface area (Å²) in [7, 11) is 0. The Morgan fingerprint density at radius 3 is 3.00 bits per heavy atom. The number of rotatable bonds is 3. The van der Waals surface area contributed by atoms with Gasteiger partial charge in [0.05, 0.1) is 6.04 Å². The molecule has 2 aromatic rings. The Hall–Kier alpha value is -1.46. The average molecular weight is 298 g/mol. The number of hydrogen-bond donors (Lipinski definition) is 1. The third-order valence-electron chi connectivity index (χ3n) is 3.34. The summed E-state index contributed by atoms with van der Waals surface area (Å²) >= 11 is 0. The van der Waals surface area contributed by atoms with Crippen molar-refractivity contribution in [3.8, 4) is 0 Å². The number of nitrogens with one attached hydrogen (secondary N) is 1. The fourth-order valence-electron chi connectivity index (χ4n) is 2.37. The highest BCUT2D eigenvalue weighted by Crippen LogP contribution is 2.21. The molecule has 0 saturated carbocycles. The zero-order valence-corrected chi connectivity index (χ0v) is 11.8. The first-order valence-electron chi connectivity index (χ1n) is 6.61. The molecule has 0 spiro atoms. The van der Waals surface area contributed by atoms with E-state index in [9.17, 15) is 4.39 Å². The van der Waals surface area contributed by atoms with Crippen LogP contribution in [-0.2, 0) is 6.42 Å². The van der Waals surface area contributed by atoms with Gasteiger partial charge < -0.3 is 9.84 Å². The van der Waals surface area contributed by atoms with E-state index >= 15 is 0 Å². The second kappa shape index (κ2) is 6.81. The number of piperidine rings is 1. The van der Waals surface area contributed by atoms with Crippen molar-refractivity contribution in [3.05, 3.63) is 47.4 Å². The second-order valence-electron chi connectivity index (χ2n) is 4.86. The molecule has 1 N–H and O–H groups in total. The maximum absolute atomic E-state index is 13.1. The van der Waals surface area contributed by atoms with Crippen molar-refractivity contribution < 1.29 is 8.91 Å². The summed E-state index contributed by atoms with van der Waals surface area (Å²) in [4.78, 5) is 4.40. The molecule has 1 fully saturated rings. The lowest BCUT2D eigenvalue weighted by Gasteiger charge is -2.19. The Bertz CT molecular complexity index is 555. The van der Waals surface area contributed by atoms with E-state index in [1.807, 2.05) is 6.07 Å². The third-order valence-corrected chi connectivity index (χ3v) is 3.34. The molecular weight excluding hydrogens is 281 g/mol. The largest absolute Gasteiger partial charge is 0.338 e. The van der Waals surface area contributed by atoms with Gasteiger partial charge >= 0.3 is 0 Å². The molecule has 1 aromatic carbocycles. The zero-order chi connectivity index (χ0) is 13.1. The Labute approximate surface area is 123 Å². The molecule has 3 rings (SSSR count). The summed E-state index contributed by atoms with van der Waals surface area (Å²) < 4.78 is 18.4. The highest BCUT2D eigenvalue weighted by atomic mass is 35.5. The van der Waals surface area contributed by atoms with E-state index < -0.39 is 0 Å². The maximum atomic E-state index is 13.1. The molecule has 1 aliphatic rings. The minimum Gasteiger partial charge on any atom is -0.338 e. The lowest BCUT2D eigenvalue weighted by molar-refractivity contribution is 0.296. The van der Waals surface area contributed by atoms with Gasteiger partial charge in [0.15, 0.2) is 5.82 Å². The quantitative estimate of drug-likeness (QED) is 0.946. The molecule has 0 aliphatic carbocycles. The predicted molar refractivity (Wildman–Crippen MR) is 75.3 cm³/mol. The smallest absolute Gasteiger partial charge is 0.243 e. The van der Waals surface area contributed by atoms with Gasteiger partial charge in [-0.25, -0.2) is 4.39 Å². The highest BCUT2D eigenvalue weighted by molar-refractivity contribution is 5.85. The first kappa shape index (κ1) is 14.9. The van der Waals surface area contributed by atoms with Gasteiger partial charge in [-0.15, -0.1) is 12.4 Å². The number of benzene rings is 1. The molecule has 108 valence electrons. The van der Waals surface area contributed by atoms with Crippen LogP contribution >= 0.6 is 12.4 Å². The number of hydrogen-bond acceptors (Lipinski definition) is 4. The molecule has 1 saturated heterocycles. The van der Waals surface area contributed by atoms with Crippen molar-refractivity contribution in [2.45, 2.75) is 31.7 Å². The van der Waals surface area contributed by atoms with Crippen LogP contribution in [0.15, 0.2) is 28.8 Å². The minimum absolute atomic E-state index is 0. The van der Waals surface area contributed by atoms with Crippen molar-refractivity contribution in [1.82, 2.24) is 15.5 Å². The summed E-state index contributed by atoms with van der Waals surface area (Å²) in [5.41, 5.74) is 0.851. The van der Waals surface area contributed by atoms with Crippen molar-refractivity contribution in [3.63, 3.8) is 0 Å². The van der Waals surface area contributed by atoms with Gasteiger partial charge in [-0.3, -0.25) is 0 Å². The standard InChI is InChI=1S/C14H16FN3O.ClH/c15-11-5-3-4-10(8-11)9-13-17-14(19-18-13)12-6-1-2-7-16-12;/h3-5,8,12,16H,1-2,6-7,9H2;1H. The molecule has 0 amide bonds. The Kier molecular flexibility index (Phi) is 5.09. The van der Waals surface area contributed by atoms with Crippen LogP contribution in [0.1, 0.15) is 42.6 Å². The molecule has 0 radical (unpaired) electrons. The normalized spacial score (nSPS) is 18.6. The molecule has 4 nitrogen and oxygen atoms in total. The van der Waals surface area contributed by atoms with Gasteiger partial charge in [-0.05, 0) is 37.1 Å². The first-order chi connectivity index (χ1) is 9.31. The predicted octanol–water partition coefficient (Wildman–Crippen LogP) is 3.04. The number of aromatic nitrogens is 2. The summed E-state index contributed by atoms with van der Waals surface area (Å²) in [6.07, 6.45) is 3.90. The monoisotopic (exact) mass is 297 g/mol. The Morgan fingerprint density at radius 2 is 2.25 bits per heavy atom. The maximum Gasteiger partial charge on any atom is 0.243 e. The Morgan fingerprint density at radius 1 is 1.35 bits per heavy atom. The molecule has 6 heteroatoms. The van der Waals surface area contributed by atoms with Crippen LogP contribution in [0.25, 0.3) is 0 Å². The van der Waals surface area contributed by atoms with Gasteiger partial charge in [0.25, 0.3) is 0 Å². The van der Waals surface area contributed by atoms with E-state index in [-0.39, 0.29) is 24.3 Å². The van der Waals surface area contributed by atoms with Crippen molar-refractivity contribution in [2.75, 3.05) is 6.54 Å². The molecule has 1 atom stereocenters. The van der Waals surface area contributed by atoms with E-state index in [0.29, 0.717) is 18.1 Å². The Balaban J connectivity index is 0.00000147. The topological polar surface area (TPSA) is 51.0 Å². The highest BCUT2D eigenvalue weighted by Gasteiger charge is 2.20. The molecule has 1 aromatic heterocycles. The summed E-state index contributed by atoms with van der Waals surface area (Å²) in [5.74, 6) is 1.01. The first-order valence-corrected chi connectivity index (χ1v) is 6.61. The van der Waals surface area contributed by atoms with Gasteiger partial charge in [0, 0.05) is 6.42 Å². The van der Waals surface area contributed by atoms with Crippen molar-refractivity contribution in [1.29, 1.82) is 0 Å². The van der Waals surface area contributed by atoms with Gasteiger partial charge in [0.2, 0.25) is 5.89 Å². The minimum atomic E-state index is -0.241. The van der Waals surface area contributed by atoms with Crippen LogP contribution in [0.3, 0.4) is 0 Å². The third kappa shape index (κ3) is 3.55. The van der Waals surface area contributed by atoms with Crippen LogP contribution in [0.5, 0.6) is 0 Å². The molecular formula is C14H17ClFN3O. The van der Waals surface area contributed by atoms with E-state index in [1.54, 1.807) is 6.07 Å². The van der Waals surface area contributed by atoms with E-state index in [2.05, 4.69) is 15.5 Å². The van der Waals surface area contributed by atoms with Crippen LogP contribution < -0.4 is 5.32 Å². The van der Waals surface area contributed by atoms with Crippen LogP contribution in [0.2, 0.25) is 0 Å². The van der Waals surface area contributed by atoms with Gasteiger partial charge in [-0.2, -0.15) is 4.98 Å². The SMILES string of the molecule is Cl.Fc1cccc(Cc2noc(C3CCCCN3)n2)c1. The van der Waals surface area contributed by atoms with Crippen LogP contribution in [-0.4, -0.2) is 16.7 Å². The van der Waals surface area contributed by atoms with Crippen LogP contribution in [0.4, 0.5) is 4.39 Å². The summed E-state index contributed by atoms with van der Waals surface area (Å²) in [6, 6.07) is 6.64. The number of nitrogens with zero attached hydrogens (tertiary/aromatic N) is 2. The van der Waals surface area contributed by atoms with Gasteiger partial charge in [0.1, 0.15) is 5.82 Å². The lowest BCUT2D eigenvalue weighted by atomic mass is 10.1. The zero-order valence-electron chi connectivity index (χ0n) is 11.0. The van der Waals surface area contributed by atoms with Gasteiger partial charge in [-0.1, -0.05) is 23.7 Å². The fraction of sp³-hybridized carbons (Fsp3) is 0.429. The average Bonchev–Trinajstić information content (AvgIpc) is 2.88. The second-order valence-corrected chi connectivity index (χ2v) is 4.86. The molecule has 1 unspecified atom stereocenters. The van der Waals surface area contributed by atoms with E-state index in [1.165, 1.54) is 25.0 Å².